The highest BCUT2D eigenvalue weighted by Gasteiger charge is 2.21. The van der Waals surface area contributed by atoms with Crippen LogP contribution in [0.15, 0.2) is 41.7 Å². The fourth-order valence-electron chi connectivity index (χ4n) is 3.42. The zero-order valence-electron chi connectivity index (χ0n) is 17.4. The van der Waals surface area contributed by atoms with E-state index in [2.05, 4.69) is 15.3 Å². The maximum absolute atomic E-state index is 13.8. The number of nitrogen functional groups attached to an aromatic ring is 1. The Morgan fingerprint density at radius 3 is 2.52 bits per heavy atom. The lowest BCUT2D eigenvalue weighted by atomic mass is 10.0. The molecule has 1 atom stereocenters. The molecule has 0 saturated carbocycles. The van der Waals surface area contributed by atoms with Crippen LogP contribution in [-0.2, 0) is 6.42 Å². The van der Waals surface area contributed by atoms with Gasteiger partial charge < -0.3 is 11.1 Å². The average molecular weight is 427 g/mol. The molecule has 3 N–H and O–H groups in total. The molecule has 7 nitrogen and oxygen atoms in total. The van der Waals surface area contributed by atoms with Crippen LogP contribution >= 0.6 is 0 Å². The second-order valence-electron chi connectivity index (χ2n) is 7.19. The van der Waals surface area contributed by atoms with Crippen molar-refractivity contribution in [1.29, 1.82) is 0 Å². The minimum Gasteiger partial charge on any atom is -0.383 e. The molecule has 3 aromatic rings. The summed E-state index contributed by atoms with van der Waals surface area (Å²) in [6.45, 7) is 4.15. The number of aryl methyl sites for hydroxylation is 3. The highest BCUT2D eigenvalue weighted by Crippen LogP contribution is 2.26. The molecule has 1 unspecified atom stereocenters. The highest BCUT2D eigenvalue weighted by atomic mass is 19.2. The first kappa shape index (κ1) is 22.1. The normalized spacial score (nSPS) is 11.9. The summed E-state index contributed by atoms with van der Waals surface area (Å²) in [6, 6.07) is 4.69. The summed E-state index contributed by atoms with van der Waals surface area (Å²) in [6.07, 6.45) is 3.34. The zero-order chi connectivity index (χ0) is 22.7. The fourth-order valence-corrected chi connectivity index (χ4v) is 3.42. The van der Waals surface area contributed by atoms with E-state index in [4.69, 9.17) is 5.73 Å². The van der Waals surface area contributed by atoms with Crippen molar-refractivity contribution in [3.05, 3.63) is 75.1 Å². The lowest BCUT2D eigenvalue weighted by Crippen LogP contribution is -2.31. The first-order valence-corrected chi connectivity index (χ1v) is 9.70. The molecule has 1 amide bonds. The number of nitrogens with two attached hydrogens (primary N) is 1. The summed E-state index contributed by atoms with van der Waals surface area (Å²) in [5.74, 6) is -0.931. The third-order valence-electron chi connectivity index (χ3n) is 4.94. The molecule has 0 radical (unpaired) electrons. The van der Waals surface area contributed by atoms with E-state index in [0.29, 0.717) is 22.5 Å². The minimum absolute atomic E-state index is 0.180. The molecule has 1 aromatic carbocycles. The number of anilines is 2. The molecule has 0 saturated heterocycles. The van der Waals surface area contributed by atoms with Gasteiger partial charge in [0.25, 0.3) is 11.5 Å². The Bertz CT molecular complexity index is 1170. The number of halogens is 2. The van der Waals surface area contributed by atoms with Gasteiger partial charge in [0.1, 0.15) is 24.4 Å². The second kappa shape index (κ2) is 9.03. The molecule has 2 aromatic heterocycles. The van der Waals surface area contributed by atoms with Gasteiger partial charge in [0.05, 0.1) is 17.6 Å². The number of nitrogens with zero attached hydrogens (tertiary/aromatic N) is 3. The second-order valence-corrected chi connectivity index (χ2v) is 7.19. The van der Waals surface area contributed by atoms with E-state index in [0.717, 1.165) is 12.0 Å². The number of aromatic nitrogens is 3. The van der Waals surface area contributed by atoms with Crippen LogP contribution in [0, 0.1) is 13.8 Å². The molecular weight excluding hydrogens is 404 g/mol. The van der Waals surface area contributed by atoms with E-state index in [1.165, 1.54) is 29.2 Å². The van der Waals surface area contributed by atoms with E-state index in [9.17, 15) is 18.4 Å². The summed E-state index contributed by atoms with van der Waals surface area (Å²) in [4.78, 5) is 34.0. The van der Waals surface area contributed by atoms with E-state index in [1.54, 1.807) is 26.1 Å². The summed E-state index contributed by atoms with van der Waals surface area (Å²) >= 11 is 0. The fraction of sp³-hybridized carbons (Fsp3) is 0.273. The summed E-state index contributed by atoms with van der Waals surface area (Å²) in [7, 11) is 0. The van der Waals surface area contributed by atoms with Crippen LogP contribution < -0.4 is 16.6 Å². The summed E-state index contributed by atoms with van der Waals surface area (Å²) in [5, 5.41) is 2.63. The zero-order valence-corrected chi connectivity index (χ0v) is 17.4. The van der Waals surface area contributed by atoms with Crippen LogP contribution in [0.25, 0.3) is 5.69 Å². The van der Waals surface area contributed by atoms with Gasteiger partial charge >= 0.3 is 0 Å². The lowest BCUT2D eigenvalue weighted by molar-refractivity contribution is 0.102. The van der Waals surface area contributed by atoms with Gasteiger partial charge in [-0.2, -0.15) is 0 Å². The van der Waals surface area contributed by atoms with Crippen LogP contribution in [-0.4, -0.2) is 27.1 Å². The number of carbonyl (C=O) groups excluding carboxylic acids is 1. The van der Waals surface area contributed by atoms with Crippen LogP contribution in [0.4, 0.5) is 20.3 Å². The van der Waals surface area contributed by atoms with Crippen molar-refractivity contribution in [2.24, 2.45) is 0 Å². The largest absolute Gasteiger partial charge is 0.383 e. The van der Waals surface area contributed by atoms with Crippen LogP contribution in [0.1, 0.15) is 45.7 Å². The maximum Gasteiger partial charge on any atom is 0.272 e. The van der Waals surface area contributed by atoms with E-state index < -0.39 is 24.3 Å². The Morgan fingerprint density at radius 2 is 1.90 bits per heavy atom. The summed E-state index contributed by atoms with van der Waals surface area (Å²) < 4.78 is 27.7. The van der Waals surface area contributed by atoms with Gasteiger partial charge in [-0.15, -0.1) is 0 Å². The van der Waals surface area contributed by atoms with Gasteiger partial charge in [0.15, 0.2) is 6.17 Å². The minimum atomic E-state index is -1.75. The van der Waals surface area contributed by atoms with Crippen molar-refractivity contribution in [3.8, 4) is 5.69 Å². The van der Waals surface area contributed by atoms with Crippen molar-refractivity contribution in [3.63, 3.8) is 0 Å². The van der Waals surface area contributed by atoms with Crippen molar-refractivity contribution in [2.75, 3.05) is 17.7 Å². The van der Waals surface area contributed by atoms with Gasteiger partial charge in [-0.25, -0.2) is 13.8 Å². The third kappa shape index (κ3) is 4.45. The summed E-state index contributed by atoms with van der Waals surface area (Å²) in [5.41, 5.74) is 7.87. The predicted octanol–water partition coefficient (Wildman–Crippen LogP) is 3.62. The molecule has 0 spiro atoms. The molecule has 162 valence electrons. The number of benzene rings is 1. The molecule has 0 fully saturated rings. The van der Waals surface area contributed by atoms with Crippen LogP contribution in [0.3, 0.4) is 0 Å². The number of alkyl halides is 2. The van der Waals surface area contributed by atoms with E-state index >= 15 is 0 Å². The van der Waals surface area contributed by atoms with Crippen molar-refractivity contribution < 1.29 is 13.6 Å². The molecular formula is C22H23F2N5O2. The number of rotatable bonds is 6. The molecule has 0 aliphatic heterocycles. The van der Waals surface area contributed by atoms with Gasteiger partial charge in [-0.1, -0.05) is 19.1 Å². The molecule has 2 heterocycles. The SMILES string of the molecule is CCc1cncc(NC(=O)c2c(N)ncn(-c3c(C)cc(C(F)CF)cc3C)c2=O)c1. The lowest BCUT2D eigenvalue weighted by Gasteiger charge is -2.16. The molecule has 0 aliphatic carbocycles. The molecule has 0 bridgehead atoms. The van der Waals surface area contributed by atoms with Crippen molar-refractivity contribution in [2.45, 2.75) is 33.4 Å². The number of carbonyl (C=O) groups is 1. The average Bonchev–Trinajstić information content (AvgIpc) is 2.74. The Hall–Kier alpha value is -3.62. The first-order chi connectivity index (χ1) is 14.8. The Morgan fingerprint density at radius 1 is 1.23 bits per heavy atom. The van der Waals surface area contributed by atoms with Gasteiger partial charge in [0, 0.05) is 6.20 Å². The third-order valence-corrected chi connectivity index (χ3v) is 4.94. The monoisotopic (exact) mass is 427 g/mol. The number of hydrogen-bond donors (Lipinski definition) is 2. The predicted molar refractivity (Wildman–Crippen MR) is 115 cm³/mol. The Kier molecular flexibility index (Phi) is 6.43. The molecule has 9 heteroatoms. The number of nitrogens with one attached hydrogen (secondary N) is 1. The number of hydrogen-bond acceptors (Lipinski definition) is 5. The Labute approximate surface area is 178 Å². The molecule has 3 rings (SSSR count). The van der Waals surface area contributed by atoms with E-state index in [-0.39, 0.29) is 16.9 Å². The smallest absolute Gasteiger partial charge is 0.272 e. The van der Waals surface area contributed by atoms with Gasteiger partial charge in [0.2, 0.25) is 0 Å². The van der Waals surface area contributed by atoms with Gasteiger partial charge in [-0.3, -0.25) is 19.1 Å². The van der Waals surface area contributed by atoms with E-state index in [1.807, 2.05) is 6.92 Å². The number of amides is 1. The molecule has 31 heavy (non-hydrogen) atoms. The highest BCUT2D eigenvalue weighted by molar-refractivity contribution is 6.06. The topological polar surface area (TPSA) is 103 Å². The molecule has 0 aliphatic rings. The van der Waals surface area contributed by atoms with Crippen molar-refractivity contribution in [1.82, 2.24) is 14.5 Å². The number of pyridine rings is 1. The van der Waals surface area contributed by atoms with Crippen LogP contribution in [0.2, 0.25) is 0 Å². The standard InChI is InChI=1S/C22H23F2N5O2/c1-4-14-7-16(10-26-9-14)28-21(30)18-20(25)27-11-29(22(18)31)19-12(2)5-15(6-13(19)3)17(24)8-23/h5-7,9-11,17H,4,8,25H2,1-3H3,(H,28,30). The van der Waals surface area contributed by atoms with Gasteiger partial charge in [-0.05, 0) is 48.6 Å². The van der Waals surface area contributed by atoms with Crippen molar-refractivity contribution >= 4 is 17.4 Å². The quantitative estimate of drug-likeness (QED) is 0.625. The maximum atomic E-state index is 13.8. The van der Waals surface area contributed by atoms with Crippen LogP contribution in [0.5, 0.6) is 0 Å². The first-order valence-electron chi connectivity index (χ1n) is 9.70. The Balaban J connectivity index is 2.05.